The number of phenolic OH excluding ortho intramolecular Hbond substituents is 2. The lowest BCUT2D eigenvalue weighted by Gasteiger charge is -2.37. The molecule has 3 aliphatic rings. The van der Waals surface area contributed by atoms with E-state index in [0.717, 1.165) is 5.56 Å². The molecule has 0 saturated carbocycles. The number of rotatable bonds is 1. The molecule has 288 valence electrons. The summed E-state index contributed by atoms with van der Waals surface area (Å²) < 4.78 is 14.0. The summed E-state index contributed by atoms with van der Waals surface area (Å²) in [6.45, 7) is 15.8. The number of hydrogen-bond donors (Lipinski definition) is 6. The maximum absolute atomic E-state index is 14.5. The van der Waals surface area contributed by atoms with Crippen LogP contribution in [0.5, 0.6) is 17.2 Å². The monoisotopic (exact) mass is 741 g/mol. The normalized spacial score (nSPS) is 32.0. The van der Waals surface area contributed by atoms with Crippen LogP contribution in [0.1, 0.15) is 70.0 Å². The number of aryl methyl sites for hydroxylation is 1. The Morgan fingerprint density at radius 1 is 0.926 bits per heavy atom. The van der Waals surface area contributed by atoms with Crippen molar-refractivity contribution in [3.05, 3.63) is 71.2 Å². The number of ketones is 1. The number of nitrogens with one attached hydrogen (secondary N) is 1. The number of hydrogen-bond acceptors (Lipinski definition) is 10. The molecule has 3 aliphatic heterocycles. The number of aromatic hydroxyl groups is 2. The first kappa shape index (κ1) is 38.8. The van der Waals surface area contributed by atoms with Gasteiger partial charge in [-0.1, -0.05) is 52.8 Å². The summed E-state index contributed by atoms with van der Waals surface area (Å²) in [5, 5.41) is 59.6. The summed E-state index contributed by atoms with van der Waals surface area (Å²) in [6.07, 6.45) is 8.00. The van der Waals surface area contributed by atoms with Crippen molar-refractivity contribution in [1.29, 1.82) is 0 Å². The van der Waals surface area contributed by atoms with Gasteiger partial charge in [0.15, 0.2) is 5.75 Å². The van der Waals surface area contributed by atoms with Gasteiger partial charge in [-0.2, -0.15) is 0 Å². The predicted octanol–water partition coefficient (Wildman–Crippen LogP) is 6.46. The molecule has 1 amide bonds. The average Bonchev–Trinajstić information content (AvgIpc) is 3.64. The Morgan fingerprint density at radius 3 is 2.31 bits per heavy atom. The number of ether oxygens (including phenoxy) is 2. The lowest BCUT2D eigenvalue weighted by atomic mass is 9.72. The molecule has 0 aliphatic carbocycles. The highest BCUT2D eigenvalue weighted by Gasteiger charge is 2.49. The van der Waals surface area contributed by atoms with E-state index >= 15 is 0 Å². The van der Waals surface area contributed by atoms with Crippen LogP contribution in [0.25, 0.3) is 27.5 Å². The summed E-state index contributed by atoms with van der Waals surface area (Å²) in [5.74, 6) is -5.58. The Hall–Kier alpha value is -4.91. The lowest BCUT2D eigenvalue weighted by molar-refractivity contribution is -0.112. The molecular weight excluding hydrogens is 690 g/mol. The fraction of sp³-hybridized carbons (Fsp3) is 0.452. The second-order valence-electron chi connectivity index (χ2n) is 15.5. The second kappa shape index (κ2) is 14.4. The molecule has 12 nitrogen and oxygen atoms in total. The maximum Gasteiger partial charge on any atom is 0.312 e. The molecule has 0 radical (unpaired) electrons. The maximum atomic E-state index is 14.5. The number of allylic oxidation sites excluding steroid dienone is 2. The fourth-order valence-corrected chi connectivity index (χ4v) is 7.90. The van der Waals surface area contributed by atoms with Gasteiger partial charge in [0.2, 0.25) is 0 Å². The molecule has 5 bridgehead atoms. The van der Waals surface area contributed by atoms with Crippen LogP contribution in [0.4, 0.5) is 5.69 Å². The Morgan fingerprint density at radius 2 is 1.63 bits per heavy atom. The number of benzene rings is 2. The van der Waals surface area contributed by atoms with E-state index in [-0.39, 0.29) is 80.5 Å². The molecule has 0 fully saturated rings. The van der Waals surface area contributed by atoms with Crippen molar-refractivity contribution in [2.45, 2.75) is 80.3 Å². The van der Waals surface area contributed by atoms with Gasteiger partial charge in [-0.25, -0.2) is 4.98 Å². The molecule has 54 heavy (non-hydrogen) atoms. The van der Waals surface area contributed by atoms with Gasteiger partial charge >= 0.3 is 5.79 Å². The van der Waals surface area contributed by atoms with Crippen molar-refractivity contribution in [3.8, 4) is 17.2 Å². The third kappa shape index (κ3) is 6.29. The summed E-state index contributed by atoms with van der Waals surface area (Å²) in [7, 11) is 0. The topological polar surface area (TPSA) is 183 Å². The molecular formula is C42H51N3O9. The first-order valence-corrected chi connectivity index (χ1v) is 18.5. The number of amides is 1. The van der Waals surface area contributed by atoms with Crippen LogP contribution in [0.15, 0.2) is 54.5 Å². The number of carbonyl (C=O) groups excluding carboxylic acids is 2. The zero-order valence-electron chi connectivity index (χ0n) is 32.2. The van der Waals surface area contributed by atoms with E-state index in [1.54, 1.807) is 55.7 Å². The molecule has 9 atom stereocenters. The van der Waals surface area contributed by atoms with Crippen LogP contribution in [-0.4, -0.2) is 71.2 Å². The van der Waals surface area contributed by atoms with Crippen LogP contribution in [0.2, 0.25) is 0 Å². The van der Waals surface area contributed by atoms with Crippen molar-refractivity contribution >= 4 is 44.8 Å². The SMILES string of the molecule is C/C1=C/C=C/[C@H](C)[C@H](O)[C@@H](C)[C@@H](O)[C@@H](C)[C@H](C)[C@H](C)[C@@H](CO)/C=C/O[C@@]2(C)Oc3c(C)c(O)c4c(O)c(c5c(nc6cc(C)ccn65)c4c3C2=O)NC1=O. The van der Waals surface area contributed by atoms with Crippen molar-refractivity contribution in [3.63, 3.8) is 0 Å². The number of carbonyl (C=O) groups is 2. The summed E-state index contributed by atoms with van der Waals surface area (Å²) in [4.78, 5) is 33.1. The van der Waals surface area contributed by atoms with Crippen molar-refractivity contribution in [2.24, 2.45) is 35.5 Å². The van der Waals surface area contributed by atoms with Gasteiger partial charge in [-0.15, -0.1) is 0 Å². The van der Waals surface area contributed by atoms with E-state index in [2.05, 4.69) is 5.32 Å². The number of aromatic nitrogens is 2. The van der Waals surface area contributed by atoms with Crippen LogP contribution in [0.3, 0.4) is 0 Å². The summed E-state index contributed by atoms with van der Waals surface area (Å²) >= 11 is 0. The number of imidazole rings is 1. The third-order valence-electron chi connectivity index (χ3n) is 12.0. The molecule has 7 rings (SSSR count). The molecule has 0 unspecified atom stereocenters. The number of aliphatic hydroxyl groups is 3. The highest BCUT2D eigenvalue weighted by molar-refractivity contribution is 6.28. The molecule has 5 heterocycles. The van der Waals surface area contributed by atoms with E-state index in [1.165, 1.54) is 13.2 Å². The molecule has 12 heteroatoms. The van der Waals surface area contributed by atoms with Crippen LogP contribution >= 0.6 is 0 Å². The zero-order chi connectivity index (χ0) is 39.5. The minimum atomic E-state index is -1.89. The third-order valence-corrected chi connectivity index (χ3v) is 12.0. The number of fused-ring (bicyclic) bond motifs is 14. The van der Waals surface area contributed by atoms with Gasteiger partial charge in [0.05, 0.1) is 29.4 Å². The van der Waals surface area contributed by atoms with Crippen LogP contribution in [0, 0.1) is 49.4 Å². The van der Waals surface area contributed by atoms with Gasteiger partial charge in [-0.05, 0) is 62.3 Å². The summed E-state index contributed by atoms with van der Waals surface area (Å²) in [6, 6.07) is 3.66. The molecule has 0 saturated heterocycles. The van der Waals surface area contributed by atoms with E-state index in [9.17, 15) is 35.1 Å². The smallest absolute Gasteiger partial charge is 0.312 e. The van der Waals surface area contributed by atoms with E-state index < -0.39 is 47.3 Å². The Balaban J connectivity index is 1.58. The molecule has 2 aromatic heterocycles. The van der Waals surface area contributed by atoms with E-state index in [0.29, 0.717) is 11.2 Å². The largest absolute Gasteiger partial charge is 0.507 e. The number of aliphatic hydroxyl groups excluding tert-OH is 3. The van der Waals surface area contributed by atoms with Crippen molar-refractivity contribution in [2.75, 3.05) is 11.9 Å². The fourth-order valence-electron chi connectivity index (χ4n) is 7.90. The van der Waals surface area contributed by atoms with Gasteiger partial charge in [0.1, 0.15) is 33.9 Å². The van der Waals surface area contributed by atoms with Gasteiger partial charge in [-0.3, -0.25) is 14.0 Å². The highest BCUT2D eigenvalue weighted by Crippen LogP contribution is 2.54. The number of nitrogens with zero attached hydrogens (tertiary/aromatic N) is 2. The minimum Gasteiger partial charge on any atom is -0.507 e. The standard InChI is InChI=1S/C42H51N3O9/c1-19-13-15-45-28(17-19)43-32-29-30-37(49)26(8)39-31(29)40(51)42(9,54-39)53-16-14-27(18-46)23(5)22(4)24(6)36(48)25(7)35(47)20(2)11-10-12-21(3)41(52)44-33(34(32)45)38(30)50/h10-17,20,22-25,27,35-36,46-50H,18H2,1-9H3,(H,44,52)/b11-10+,16-14+,21-12-/t20-,22+,23-,24-,25+,27+,35-,36-,42-/m0/s1. The first-order valence-electron chi connectivity index (χ1n) is 18.5. The number of anilines is 1. The van der Waals surface area contributed by atoms with Crippen molar-refractivity contribution in [1.82, 2.24) is 9.38 Å². The Bertz CT molecular complexity index is 2250. The van der Waals surface area contributed by atoms with Gasteiger partial charge < -0.3 is 40.3 Å². The number of phenols is 2. The van der Waals surface area contributed by atoms with E-state index in [1.807, 2.05) is 46.8 Å². The minimum absolute atomic E-state index is 0.0212. The van der Waals surface area contributed by atoms with Crippen molar-refractivity contribution < 1.29 is 44.6 Å². The molecule has 4 aromatic rings. The summed E-state index contributed by atoms with van der Waals surface area (Å²) in [5.41, 5.74) is 2.39. The molecule has 2 aromatic carbocycles. The lowest BCUT2D eigenvalue weighted by Crippen LogP contribution is -2.41. The average molecular weight is 742 g/mol. The molecule has 0 spiro atoms. The Kier molecular flexibility index (Phi) is 10.3. The second-order valence-corrected chi connectivity index (χ2v) is 15.5. The number of pyridine rings is 1. The molecule has 6 N–H and O–H groups in total. The quantitative estimate of drug-likeness (QED) is 0.119. The predicted molar refractivity (Wildman–Crippen MR) is 207 cm³/mol. The first-order chi connectivity index (χ1) is 25.4. The van der Waals surface area contributed by atoms with Crippen LogP contribution in [-0.2, 0) is 9.53 Å². The highest BCUT2D eigenvalue weighted by atomic mass is 16.7. The Labute approximate surface area is 314 Å². The zero-order valence-corrected chi connectivity index (χ0v) is 32.2. The van der Waals surface area contributed by atoms with Gasteiger partial charge in [0.25, 0.3) is 11.7 Å². The van der Waals surface area contributed by atoms with E-state index in [4.69, 9.17) is 14.5 Å². The number of Topliss-reactive ketones (excluding diaryl/α,β-unsaturated/α-hetero) is 1. The van der Waals surface area contributed by atoms with Crippen LogP contribution < -0.4 is 10.1 Å². The van der Waals surface area contributed by atoms with Gasteiger partial charge in [0, 0.05) is 54.0 Å².